The highest BCUT2D eigenvalue weighted by molar-refractivity contribution is 7.15. The number of anilines is 1. The van der Waals surface area contributed by atoms with Gasteiger partial charge in [-0.2, -0.15) is 0 Å². The number of hydrogen-bond donors (Lipinski definition) is 1. The van der Waals surface area contributed by atoms with Crippen LogP contribution in [0.3, 0.4) is 0 Å². The molecule has 0 bridgehead atoms. The van der Waals surface area contributed by atoms with Gasteiger partial charge in [-0.05, 0) is 39.0 Å². The summed E-state index contributed by atoms with van der Waals surface area (Å²) < 4.78 is 0. The second-order valence-electron chi connectivity index (χ2n) is 5.75. The Morgan fingerprint density at radius 3 is 2.74 bits per heavy atom. The molecule has 0 spiro atoms. The number of hydrogen-bond acceptors (Lipinski definition) is 4. The van der Waals surface area contributed by atoms with Crippen LogP contribution in [0.1, 0.15) is 42.7 Å². The summed E-state index contributed by atoms with van der Waals surface area (Å²) in [5.74, 6) is -0.153. The van der Waals surface area contributed by atoms with E-state index in [1.54, 1.807) is 11.3 Å². The second-order valence-corrected chi connectivity index (χ2v) is 6.93. The molecule has 2 aliphatic rings. The molecule has 104 valence electrons. The van der Waals surface area contributed by atoms with Crippen LogP contribution in [0.25, 0.3) is 0 Å². The lowest BCUT2D eigenvalue weighted by atomic mass is 9.85. The monoisotopic (exact) mass is 280 g/mol. The first-order valence-electron chi connectivity index (χ1n) is 7.03. The molecule has 1 saturated heterocycles. The number of carboxylic acid groups (broad SMARTS) is 1. The predicted octanol–water partition coefficient (Wildman–Crippen LogP) is 2.98. The molecule has 3 rings (SSSR count). The first kappa shape index (κ1) is 12.9. The summed E-state index contributed by atoms with van der Waals surface area (Å²) in [5.41, 5.74) is 1.03. The Labute approximate surface area is 117 Å². The Hall–Kier alpha value is -1.10. The lowest BCUT2D eigenvalue weighted by molar-refractivity contribution is -0.138. The van der Waals surface area contributed by atoms with Crippen LogP contribution in [-0.4, -0.2) is 28.1 Å². The zero-order valence-corrected chi connectivity index (χ0v) is 12.2. The van der Waals surface area contributed by atoms with Gasteiger partial charge < -0.3 is 10.0 Å². The fourth-order valence-electron chi connectivity index (χ4n) is 3.52. The summed E-state index contributed by atoms with van der Waals surface area (Å²) in [6, 6.07) is 0.0119. The van der Waals surface area contributed by atoms with Gasteiger partial charge in [-0.15, -0.1) is 11.3 Å². The van der Waals surface area contributed by atoms with Crippen LogP contribution < -0.4 is 4.90 Å². The van der Waals surface area contributed by atoms with Crippen molar-refractivity contribution in [3.05, 3.63) is 10.6 Å². The van der Waals surface area contributed by atoms with Gasteiger partial charge in [-0.25, -0.2) is 9.78 Å². The molecular weight excluding hydrogens is 260 g/mol. The van der Waals surface area contributed by atoms with Crippen molar-refractivity contribution in [3.8, 4) is 0 Å². The van der Waals surface area contributed by atoms with E-state index in [9.17, 15) is 9.90 Å². The minimum atomic E-state index is -0.695. The number of carboxylic acids is 1. The van der Waals surface area contributed by atoms with E-state index in [4.69, 9.17) is 0 Å². The van der Waals surface area contributed by atoms with Gasteiger partial charge in [0.15, 0.2) is 5.13 Å². The molecule has 2 heterocycles. The van der Waals surface area contributed by atoms with Gasteiger partial charge in [0.2, 0.25) is 0 Å². The standard InChI is InChI=1S/C14H20N2O2S/c1-8-9(2)19-14(15-8)16-11-6-4-3-5-10(11)7-12(16)13(17)18/h10-12H,3-7H2,1-2H3,(H,17,18). The Bertz CT molecular complexity index is 480. The summed E-state index contributed by atoms with van der Waals surface area (Å²) in [4.78, 5) is 19.5. The van der Waals surface area contributed by atoms with Crippen LogP contribution in [0.4, 0.5) is 5.13 Å². The zero-order valence-electron chi connectivity index (χ0n) is 11.4. The smallest absolute Gasteiger partial charge is 0.326 e. The molecule has 4 nitrogen and oxygen atoms in total. The molecule has 3 atom stereocenters. The number of carbonyl (C=O) groups is 1. The van der Waals surface area contributed by atoms with E-state index in [-0.39, 0.29) is 6.04 Å². The van der Waals surface area contributed by atoms with Gasteiger partial charge >= 0.3 is 5.97 Å². The molecule has 2 fully saturated rings. The normalized spacial score (nSPS) is 30.4. The third-order valence-electron chi connectivity index (χ3n) is 4.61. The highest BCUT2D eigenvalue weighted by Crippen LogP contribution is 2.43. The number of thiazole rings is 1. The first-order valence-corrected chi connectivity index (χ1v) is 7.84. The minimum Gasteiger partial charge on any atom is -0.480 e. The third-order valence-corrected chi connectivity index (χ3v) is 5.70. The summed E-state index contributed by atoms with van der Waals surface area (Å²) in [6.07, 6.45) is 5.54. The average molecular weight is 280 g/mol. The molecule has 0 radical (unpaired) electrons. The number of aryl methyl sites for hydroxylation is 2. The van der Waals surface area contributed by atoms with Crippen molar-refractivity contribution in [1.29, 1.82) is 0 Å². The molecule has 5 heteroatoms. The largest absolute Gasteiger partial charge is 0.480 e. The van der Waals surface area contributed by atoms with Crippen molar-refractivity contribution in [2.24, 2.45) is 5.92 Å². The lowest BCUT2D eigenvalue weighted by Crippen LogP contribution is -2.42. The van der Waals surface area contributed by atoms with Gasteiger partial charge in [0.25, 0.3) is 0 Å². The number of rotatable bonds is 2. The highest BCUT2D eigenvalue weighted by atomic mass is 32.1. The molecule has 1 aromatic heterocycles. The number of aliphatic carboxylic acids is 1. The van der Waals surface area contributed by atoms with Crippen molar-refractivity contribution in [2.75, 3.05) is 4.90 Å². The van der Waals surface area contributed by atoms with Crippen molar-refractivity contribution in [2.45, 2.75) is 58.0 Å². The fraction of sp³-hybridized carbons (Fsp3) is 0.714. The third kappa shape index (κ3) is 2.14. The van der Waals surface area contributed by atoms with Gasteiger partial charge in [-0.3, -0.25) is 0 Å². The molecule has 1 aliphatic carbocycles. The molecule has 19 heavy (non-hydrogen) atoms. The second kappa shape index (κ2) is 4.78. The van der Waals surface area contributed by atoms with E-state index >= 15 is 0 Å². The van der Waals surface area contributed by atoms with E-state index in [1.165, 1.54) is 24.1 Å². The van der Waals surface area contributed by atoms with E-state index < -0.39 is 5.97 Å². The van der Waals surface area contributed by atoms with Crippen molar-refractivity contribution in [3.63, 3.8) is 0 Å². The van der Waals surface area contributed by atoms with Crippen LogP contribution in [0.5, 0.6) is 0 Å². The molecule has 1 aromatic rings. The van der Waals surface area contributed by atoms with Crippen molar-refractivity contribution in [1.82, 2.24) is 4.98 Å². The predicted molar refractivity (Wildman–Crippen MR) is 75.9 cm³/mol. The zero-order chi connectivity index (χ0) is 13.6. The Morgan fingerprint density at radius 1 is 1.37 bits per heavy atom. The number of fused-ring (bicyclic) bond motifs is 1. The van der Waals surface area contributed by atoms with Crippen LogP contribution in [0.15, 0.2) is 0 Å². The highest BCUT2D eigenvalue weighted by Gasteiger charge is 2.46. The van der Waals surface area contributed by atoms with Crippen LogP contribution >= 0.6 is 11.3 Å². The maximum Gasteiger partial charge on any atom is 0.326 e. The van der Waals surface area contributed by atoms with Gasteiger partial charge in [-0.1, -0.05) is 12.8 Å². The molecule has 3 unspecified atom stereocenters. The van der Waals surface area contributed by atoms with Gasteiger partial charge in [0, 0.05) is 10.9 Å². The molecule has 1 saturated carbocycles. The molecule has 1 N–H and O–H groups in total. The Balaban J connectivity index is 1.96. The Morgan fingerprint density at radius 2 is 2.11 bits per heavy atom. The van der Waals surface area contributed by atoms with Crippen LogP contribution in [-0.2, 0) is 4.79 Å². The van der Waals surface area contributed by atoms with Gasteiger partial charge in [0.05, 0.1) is 5.69 Å². The molecule has 0 aromatic carbocycles. The summed E-state index contributed by atoms with van der Waals surface area (Å²) >= 11 is 1.64. The van der Waals surface area contributed by atoms with Crippen molar-refractivity contribution >= 4 is 22.4 Å². The summed E-state index contributed by atoms with van der Waals surface area (Å²) in [7, 11) is 0. The summed E-state index contributed by atoms with van der Waals surface area (Å²) in [6.45, 7) is 4.06. The topological polar surface area (TPSA) is 53.4 Å². The van der Waals surface area contributed by atoms with Crippen molar-refractivity contribution < 1.29 is 9.90 Å². The Kier molecular flexibility index (Phi) is 3.25. The summed E-state index contributed by atoms with van der Waals surface area (Å²) in [5, 5.41) is 10.4. The van der Waals surface area contributed by atoms with Crippen LogP contribution in [0.2, 0.25) is 0 Å². The van der Waals surface area contributed by atoms with E-state index in [0.29, 0.717) is 12.0 Å². The lowest BCUT2D eigenvalue weighted by Gasteiger charge is -2.32. The maximum absolute atomic E-state index is 11.6. The molecular formula is C14H20N2O2S. The minimum absolute atomic E-state index is 0.377. The van der Waals surface area contributed by atoms with E-state index in [1.807, 2.05) is 6.92 Å². The van der Waals surface area contributed by atoms with E-state index in [2.05, 4.69) is 16.8 Å². The molecule has 1 aliphatic heterocycles. The van der Waals surface area contributed by atoms with Crippen LogP contribution in [0, 0.1) is 19.8 Å². The maximum atomic E-state index is 11.6. The number of nitrogens with zero attached hydrogens (tertiary/aromatic N) is 2. The van der Waals surface area contributed by atoms with E-state index in [0.717, 1.165) is 23.7 Å². The quantitative estimate of drug-likeness (QED) is 0.905. The van der Waals surface area contributed by atoms with Gasteiger partial charge in [0.1, 0.15) is 6.04 Å². The first-order chi connectivity index (χ1) is 9.08. The number of aromatic nitrogens is 1. The molecule has 0 amide bonds. The SMILES string of the molecule is Cc1nc(N2C(C(=O)O)CC3CCCCC32)sc1C. The fourth-order valence-corrected chi connectivity index (χ4v) is 4.54. The average Bonchev–Trinajstić information content (AvgIpc) is 2.90.